The molecule has 0 spiro atoms. The Balaban J connectivity index is 2.10. The van der Waals surface area contributed by atoms with Crippen molar-refractivity contribution in [2.45, 2.75) is 18.9 Å². The Labute approximate surface area is 108 Å². The molecule has 0 unspecified atom stereocenters. The lowest BCUT2D eigenvalue weighted by molar-refractivity contribution is 0.321. The smallest absolute Gasteiger partial charge is 0.211 e. The number of nitrogens with zero attached hydrogens (tertiary/aromatic N) is 3. The van der Waals surface area contributed by atoms with E-state index in [0.717, 1.165) is 25.2 Å². The van der Waals surface area contributed by atoms with Crippen LogP contribution in [0.4, 0.5) is 5.82 Å². The second-order valence-corrected chi connectivity index (χ2v) is 6.75. The molecule has 2 heterocycles. The standard InChI is InChI=1S/C12H19N3O2S/c1-14(18(2,16)17)11-6-5-9-15(10-11)12-7-3-4-8-13-12/h3-4,7-8,11H,5-6,9-10H2,1-2H3/t11-/m0/s1. The van der Waals surface area contributed by atoms with Crippen molar-refractivity contribution in [3.8, 4) is 0 Å². The summed E-state index contributed by atoms with van der Waals surface area (Å²) < 4.78 is 24.6. The van der Waals surface area contributed by atoms with Gasteiger partial charge in [-0.3, -0.25) is 0 Å². The van der Waals surface area contributed by atoms with Crippen molar-refractivity contribution in [3.05, 3.63) is 24.4 Å². The molecule has 0 amide bonds. The van der Waals surface area contributed by atoms with E-state index in [0.29, 0.717) is 6.54 Å². The van der Waals surface area contributed by atoms with E-state index >= 15 is 0 Å². The lowest BCUT2D eigenvalue weighted by atomic mass is 10.1. The van der Waals surface area contributed by atoms with Gasteiger partial charge in [-0.1, -0.05) is 6.07 Å². The Kier molecular flexibility index (Phi) is 3.87. The molecule has 1 fully saturated rings. The van der Waals surface area contributed by atoms with Gasteiger partial charge in [0.1, 0.15) is 5.82 Å². The van der Waals surface area contributed by atoms with Crippen LogP contribution in [0.25, 0.3) is 0 Å². The zero-order chi connectivity index (χ0) is 13.2. The summed E-state index contributed by atoms with van der Waals surface area (Å²) in [4.78, 5) is 6.46. The second kappa shape index (κ2) is 5.24. The number of sulfonamides is 1. The molecular weight excluding hydrogens is 250 g/mol. The molecule has 2 rings (SSSR count). The first kappa shape index (κ1) is 13.3. The highest BCUT2D eigenvalue weighted by Gasteiger charge is 2.28. The summed E-state index contributed by atoms with van der Waals surface area (Å²) in [7, 11) is -1.47. The van der Waals surface area contributed by atoms with Crippen molar-refractivity contribution in [2.75, 3.05) is 31.3 Å². The molecule has 0 bridgehead atoms. The number of anilines is 1. The molecule has 0 radical (unpaired) electrons. The fourth-order valence-electron chi connectivity index (χ4n) is 2.27. The van der Waals surface area contributed by atoms with Crippen LogP contribution in [0.2, 0.25) is 0 Å². The third-order valence-corrected chi connectivity index (χ3v) is 4.75. The van der Waals surface area contributed by atoms with Gasteiger partial charge < -0.3 is 4.90 Å². The summed E-state index contributed by atoms with van der Waals surface area (Å²) in [6.45, 7) is 1.64. The molecule has 1 atom stereocenters. The Morgan fingerprint density at radius 2 is 2.22 bits per heavy atom. The van der Waals surface area contributed by atoms with Gasteiger partial charge in [-0.2, -0.15) is 0 Å². The highest BCUT2D eigenvalue weighted by Crippen LogP contribution is 2.21. The van der Waals surface area contributed by atoms with Crippen LogP contribution < -0.4 is 4.90 Å². The Morgan fingerprint density at radius 1 is 1.44 bits per heavy atom. The van der Waals surface area contributed by atoms with Crippen LogP contribution in [0, 0.1) is 0 Å². The normalized spacial score (nSPS) is 21.3. The van der Waals surface area contributed by atoms with Crippen LogP contribution in [-0.4, -0.2) is 50.1 Å². The predicted octanol–water partition coefficient (Wildman–Crippen LogP) is 0.942. The van der Waals surface area contributed by atoms with E-state index in [9.17, 15) is 8.42 Å². The highest BCUT2D eigenvalue weighted by atomic mass is 32.2. The van der Waals surface area contributed by atoms with Crippen LogP contribution in [-0.2, 0) is 10.0 Å². The molecule has 0 N–H and O–H groups in total. The van der Waals surface area contributed by atoms with Crippen LogP contribution in [0.1, 0.15) is 12.8 Å². The molecule has 100 valence electrons. The number of rotatable bonds is 3. The molecule has 1 aromatic heterocycles. The van der Waals surface area contributed by atoms with Crippen LogP contribution in [0.5, 0.6) is 0 Å². The van der Waals surface area contributed by atoms with Gasteiger partial charge in [0.25, 0.3) is 0 Å². The molecule has 1 saturated heterocycles. The van der Waals surface area contributed by atoms with Crippen molar-refractivity contribution in [3.63, 3.8) is 0 Å². The molecule has 0 aromatic carbocycles. The second-order valence-electron chi connectivity index (χ2n) is 4.71. The van der Waals surface area contributed by atoms with E-state index in [1.165, 1.54) is 10.6 Å². The molecule has 0 aliphatic carbocycles. The van der Waals surface area contributed by atoms with Gasteiger partial charge in [-0.25, -0.2) is 17.7 Å². The van der Waals surface area contributed by atoms with Gasteiger partial charge in [-0.15, -0.1) is 0 Å². The maximum Gasteiger partial charge on any atom is 0.211 e. The van der Waals surface area contributed by atoms with Crippen molar-refractivity contribution in [1.29, 1.82) is 0 Å². The maximum atomic E-state index is 11.6. The first-order valence-corrected chi connectivity index (χ1v) is 7.92. The molecule has 5 nitrogen and oxygen atoms in total. The minimum absolute atomic E-state index is 0.0377. The van der Waals surface area contributed by atoms with Gasteiger partial charge in [0.05, 0.1) is 6.26 Å². The first-order chi connectivity index (χ1) is 8.48. The fourth-order valence-corrected chi connectivity index (χ4v) is 2.98. The average molecular weight is 269 g/mol. The van der Waals surface area contributed by atoms with Gasteiger partial charge >= 0.3 is 0 Å². The van der Waals surface area contributed by atoms with Crippen molar-refractivity contribution in [1.82, 2.24) is 9.29 Å². The molecule has 1 aliphatic rings. The molecule has 0 saturated carbocycles. The Hall–Kier alpha value is -1.14. The number of hydrogen-bond donors (Lipinski definition) is 0. The van der Waals surface area contributed by atoms with Crippen LogP contribution >= 0.6 is 0 Å². The van der Waals surface area contributed by atoms with Crippen molar-refractivity contribution in [2.24, 2.45) is 0 Å². The van der Waals surface area contributed by atoms with E-state index in [-0.39, 0.29) is 6.04 Å². The minimum Gasteiger partial charge on any atom is -0.355 e. The lowest BCUT2D eigenvalue weighted by Gasteiger charge is -2.37. The summed E-state index contributed by atoms with van der Waals surface area (Å²) in [5.41, 5.74) is 0. The summed E-state index contributed by atoms with van der Waals surface area (Å²) in [6, 6.07) is 5.83. The predicted molar refractivity (Wildman–Crippen MR) is 72.1 cm³/mol. The average Bonchev–Trinajstić information content (AvgIpc) is 2.38. The van der Waals surface area contributed by atoms with E-state index in [4.69, 9.17) is 0 Å². The van der Waals surface area contributed by atoms with Crippen LogP contribution in [0.3, 0.4) is 0 Å². The van der Waals surface area contributed by atoms with Gasteiger partial charge in [0, 0.05) is 32.4 Å². The first-order valence-electron chi connectivity index (χ1n) is 6.07. The van der Waals surface area contributed by atoms with Gasteiger partial charge in [-0.05, 0) is 25.0 Å². The van der Waals surface area contributed by atoms with Crippen molar-refractivity contribution < 1.29 is 8.42 Å². The Bertz CT molecular complexity index is 489. The van der Waals surface area contributed by atoms with E-state index in [2.05, 4.69) is 9.88 Å². The summed E-state index contributed by atoms with van der Waals surface area (Å²) in [5, 5.41) is 0. The number of hydrogen-bond acceptors (Lipinski definition) is 4. The largest absolute Gasteiger partial charge is 0.355 e. The lowest BCUT2D eigenvalue weighted by Crippen LogP contribution is -2.48. The number of pyridine rings is 1. The minimum atomic E-state index is -3.12. The quantitative estimate of drug-likeness (QED) is 0.819. The SMILES string of the molecule is CN([C@H]1CCCN(c2ccccn2)C1)S(C)(=O)=O. The molecule has 1 aromatic rings. The molecule has 6 heteroatoms. The third kappa shape index (κ3) is 3.00. The topological polar surface area (TPSA) is 53.5 Å². The molecule has 18 heavy (non-hydrogen) atoms. The van der Waals surface area contributed by atoms with E-state index in [1.54, 1.807) is 13.2 Å². The fraction of sp³-hybridized carbons (Fsp3) is 0.583. The van der Waals surface area contributed by atoms with E-state index in [1.807, 2.05) is 18.2 Å². The number of piperidine rings is 1. The molecular formula is C12H19N3O2S. The van der Waals surface area contributed by atoms with Gasteiger partial charge in [0.15, 0.2) is 0 Å². The third-order valence-electron chi connectivity index (χ3n) is 3.41. The number of aromatic nitrogens is 1. The van der Waals surface area contributed by atoms with Crippen LogP contribution in [0.15, 0.2) is 24.4 Å². The van der Waals surface area contributed by atoms with Gasteiger partial charge in [0.2, 0.25) is 10.0 Å². The summed E-state index contributed by atoms with van der Waals surface area (Å²) in [6.07, 6.45) is 4.92. The maximum absolute atomic E-state index is 11.6. The van der Waals surface area contributed by atoms with Crippen molar-refractivity contribution >= 4 is 15.8 Å². The summed E-state index contributed by atoms with van der Waals surface area (Å²) in [5.74, 6) is 0.920. The summed E-state index contributed by atoms with van der Waals surface area (Å²) >= 11 is 0. The highest BCUT2D eigenvalue weighted by molar-refractivity contribution is 7.88. The van der Waals surface area contributed by atoms with E-state index < -0.39 is 10.0 Å². The zero-order valence-electron chi connectivity index (χ0n) is 10.8. The molecule has 1 aliphatic heterocycles. The monoisotopic (exact) mass is 269 g/mol. The Morgan fingerprint density at radius 3 is 2.83 bits per heavy atom. The number of likely N-dealkylation sites (N-methyl/N-ethyl adjacent to an activating group) is 1. The zero-order valence-corrected chi connectivity index (χ0v) is 11.6.